The molecule has 0 amide bonds. The second kappa shape index (κ2) is 4.57. The smallest absolute Gasteiger partial charge is 0.307 e. The fourth-order valence-electron chi connectivity index (χ4n) is 1.00. The highest BCUT2D eigenvalue weighted by Crippen LogP contribution is 2.12. The molecule has 1 heterocycles. The second-order valence-corrected chi connectivity index (χ2v) is 2.90. The van der Waals surface area contributed by atoms with Crippen LogP contribution >= 0.6 is 0 Å². The molecule has 1 atom stereocenters. The van der Waals surface area contributed by atoms with Crippen LogP contribution in [-0.4, -0.2) is 18.1 Å². The molecule has 4 N–H and O–H groups in total. The minimum Gasteiger partial charge on any atom is -0.469 e. The summed E-state index contributed by atoms with van der Waals surface area (Å²) >= 11 is 0. The van der Waals surface area contributed by atoms with E-state index in [0.717, 1.165) is 0 Å². The van der Waals surface area contributed by atoms with Gasteiger partial charge in [-0.1, -0.05) is 0 Å². The van der Waals surface area contributed by atoms with Crippen molar-refractivity contribution >= 4 is 11.7 Å². The molecule has 14 heavy (non-hydrogen) atoms. The first-order chi connectivity index (χ1) is 6.63. The Bertz CT molecular complexity index is 310. The van der Waals surface area contributed by atoms with Gasteiger partial charge in [-0.15, -0.1) is 0 Å². The molecule has 76 valence electrons. The van der Waals surface area contributed by atoms with Crippen molar-refractivity contribution in [3.8, 4) is 0 Å². The van der Waals surface area contributed by atoms with Crippen LogP contribution < -0.4 is 11.5 Å². The molecule has 0 bridgehead atoms. The van der Waals surface area contributed by atoms with Crippen molar-refractivity contribution in [1.29, 1.82) is 0 Å². The third-order valence-electron chi connectivity index (χ3n) is 1.80. The summed E-state index contributed by atoms with van der Waals surface area (Å²) in [6, 6.07) is 2.95. The maximum absolute atomic E-state index is 10.9. The molecule has 0 unspecified atom stereocenters. The molecule has 5 nitrogen and oxygen atoms in total. The summed E-state index contributed by atoms with van der Waals surface area (Å²) in [5, 5.41) is 0. The molecule has 0 fully saturated rings. The van der Waals surface area contributed by atoms with Crippen molar-refractivity contribution < 1.29 is 9.53 Å². The average Bonchev–Trinajstić information content (AvgIpc) is 2.18. The van der Waals surface area contributed by atoms with Gasteiger partial charge in [0.15, 0.2) is 0 Å². The molecule has 0 aliphatic carbocycles. The largest absolute Gasteiger partial charge is 0.469 e. The Morgan fingerprint density at radius 1 is 1.64 bits per heavy atom. The number of carbonyl (C=O) groups is 1. The average molecular weight is 195 g/mol. The van der Waals surface area contributed by atoms with E-state index in [4.69, 9.17) is 11.5 Å². The van der Waals surface area contributed by atoms with Gasteiger partial charge in [-0.2, -0.15) is 0 Å². The highest BCUT2D eigenvalue weighted by Gasteiger charge is 2.12. The van der Waals surface area contributed by atoms with Gasteiger partial charge < -0.3 is 16.2 Å². The summed E-state index contributed by atoms with van der Waals surface area (Å²) in [5.74, 6) is -0.351. The molecule has 0 spiro atoms. The number of nitrogen functional groups attached to an aromatic ring is 1. The number of aromatic nitrogens is 1. The SMILES string of the molecule is COC(=O)C[C@@H](N)c1ccc(N)cn1. The first kappa shape index (κ1) is 10.5. The van der Waals surface area contributed by atoms with E-state index < -0.39 is 6.04 Å². The molecule has 0 aliphatic heterocycles. The molecule has 0 aromatic carbocycles. The van der Waals surface area contributed by atoms with Gasteiger partial charge in [0.05, 0.1) is 37.2 Å². The highest BCUT2D eigenvalue weighted by molar-refractivity contribution is 5.70. The fourth-order valence-corrected chi connectivity index (χ4v) is 1.00. The number of carbonyl (C=O) groups excluding carboxylic acids is 1. The molecule has 0 radical (unpaired) electrons. The lowest BCUT2D eigenvalue weighted by Crippen LogP contribution is -2.17. The van der Waals surface area contributed by atoms with Gasteiger partial charge in [-0.3, -0.25) is 9.78 Å². The summed E-state index contributed by atoms with van der Waals surface area (Å²) < 4.78 is 4.49. The number of anilines is 1. The molecular formula is C9H13N3O2. The summed E-state index contributed by atoms with van der Waals surface area (Å²) in [4.78, 5) is 14.9. The van der Waals surface area contributed by atoms with Gasteiger partial charge >= 0.3 is 5.97 Å². The Balaban J connectivity index is 2.65. The first-order valence-electron chi connectivity index (χ1n) is 4.17. The molecule has 1 aromatic heterocycles. The molecule has 1 rings (SSSR count). The van der Waals surface area contributed by atoms with Crippen LogP contribution in [0.1, 0.15) is 18.2 Å². The molecule has 0 saturated carbocycles. The van der Waals surface area contributed by atoms with E-state index in [1.54, 1.807) is 12.1 Å². The first-order valence-corrected chi connectivity index (χ1v) is 4.17. The number of pyridine rings is 1. The maximum Gasteiger partial charge on any atom is 0.307 e. The summed E-state index contributed by atoms with van der Waals surface area (Å²) in [6.45, 7) is 0. The van der Waals surface area contributed by atoms with Gasteiger partial charge in [0.1, 0.15) is 0 Å². The van der Waals surface area contributed by atoms with E-state index in [1.165, 1.54) is 13.3 Å². The van der Waals surface area contributed by atoms with Gasteiger partial charge in [0, 0.05) is 0 Å². The zero-order valence-electron chi connectivity index (χ0n) is 7.93. The lowest BCUT2D eigenvalue weighted by molar-refractivity contribution is -0.141. The van der Waals surface area contributed by atoms with Crippen molar-refractivity contribution in [2.24, 2.45) is 5.73 Å². The zero-order valence-corrected chi connectivity index (χ0v) is 7.93. The zero-order chi connectivity index (χ0) is 10.6. The van der Waals surface area contributed by atoms with Crippen molar-refractivity contribution in [2.45, 2.75) is 12.5 Å². The third-order valence-corrected chi connectivity index (χ3v) is 1.80. The minimum absolute atomic E-state index is 0.118. The van der Waals surface area contributed by atoms with E-state index in [0.29, 0.717) is 11.4 Å². The van der Waals surface area contributed by atoms with Gasteiger partial charge in [0.25, 0.3) is 0 Å². The van der Waals surface area contributed by atoms with Gasteiger partial charge in [-0.25, -0.2) is 0 Å². The van der Waals surface area contributed by atoms with Crippen LogP contribution in [0.4, 0.5) is 5.69 Å². The number of hydrogen-bond donors (Lipinski definition) is 2. The summed E-state index contributed by atoms with van der Waals surface area (Å²) in [5.41, 5.74) is 12.4. The lowest BCUT2D eigenvalue weighted by atomic mass is 10.1. The van der Waals surface area contributed by atoms with Crippen LogP contribution in [-0.2, 0) is 9.53 Å². The Morgan fingerprint density at radius 2 is 2.36 bits per heavy atom. The van der Waals surface area contributed by atoms with Crippen LogP contribution in [0.5, 0.6) is 0 Å². The van der Waals surface area contributed by atoms with Crippen LogP contribution in [0, 0.1) is 0 Å². The van der Waals surface area contributed by atoms with Gasteiger partial charge in [-0.05, 0) is 12.1 Å². The van der Waals surface area contributed by atoms with Crippen LogP contribution in [0.3, 0.4) is 0 Å². The number of esters is 1. The molecular weight excluding hydrogens is 182 g/mol. The number of ether oxygens (including phenoxy) is 1. The van der Waals surface area contributed by atoms with Crippen molar-refractivity contribution in [1.82, 2.24) is 4.98 Å². The number of nitrogens with zero attached hydrogens (tertiary/aromatic N) is 1. The predicted molar refractivity (Wildman–Crippen MR) is 52.2 cm³/mol. The molecule has 0 aliphatic rings. The number of nitrogens with two attached hydrogens (primary N) is 2. The van der Waals surface area contributed by atoms with E-state index in [9.17, 15) is 4.79 Å². The van der Waals surface area contributed by atoms with Crippen LogP contribution in [0.25, 0.3) is 0 Å². The Hall–Kier alpha value is -1.62. The monoisotopic (exact) mass is 195 g/mol. The molecule has 0 saturated heterocycles. The van der Waals surface area contributed by atoms with E-state index in [1.807, 2.05) is 0 Å². The quantitative estimate of drug-likeness (QED) is 0.673. The van der Waals surface area contributed by atoms with Crippen LogP contribution in [0.15, 0.2) is 18.3 Å². The number of rotatable bonds is 3. The molecule has 1 aromatic rings. The van der Waals surface area contributed by atoms with Crippen molar-refractivity contribution in [2.75, 3.05) is 12.8 Å². The van der Waals surface area contributed by atoms with E-state index in [-0.39, 0.29) is 12.4 Å². The predicted octanol–water partition coefficient (Wildman–Crippen LogP) is 0.227. The fraction of sp³-hybridized carbons (Fsp3) is 0.333. The maximum atomic E-state index is 10.9. The lowest BCUT2D eigenvalue weighted by Gasteiger charge is -2.09. The van der Waals surface area contributed by atoms with E-state index >= 15 is 0 Å². The van der Waals surface area contributed by atoms with Crippen molar-refractivity contribution in [3.05, 3.63) is 24.0 Å². The Labute approximate surface area is 82.1 Å². The molecule has 5 heteroatoms. The summed E-state index contributed by atoms with van der Waals surface area (Å²) in [7, 11) is 1.32. The third kappa shape index (κ3) is 2.70. The minimum atomic E-state index is -0.442. The normalized spacial score (nSPS) is 12.1. The Morgan fingerprint density at radius 3 is 2.86 bits per heavy atom. The van der Waals surface area contributed by atoms with Gasteiger partial charge in [0.2, 0.25) is 0 Å². The number of methoxy groups -OCH3 is 1. The highest BCUT2D eigenvalue weighted by atomic mass is 16.5. The van der Waals surface area contributed by atoms with Crippen LogP contribution in [0.2, 0.25) is 0 Å². The number of hydrogen-bond acceptors (Lipinski definition) is 5. The topological polar surface area (TPSA) is 91.2 Å². The summed E-state index contributed by atoms with van der Waals surface area (Å²) in [6.07, 6.45) is 1.62. The second-order valence-electron chi connectivity index (χ2n) is 2.90. The van der Waals surface area contributed by atoms with Crippen molar-refractivity contribution in [3.63, 3.8) is 0 Å². The van der Waals surface area contributed by atoms with E-state index in [2.05, 4.69) is 9.72 Å². The standard InChI is InChI=1S/C9H13N3O2/c1-14-9(13)4-7(11)8-3-2-6(10)5-12-8/h2-3,5,7H,4,10-11H2,1H3/t7-/m1/s1. The Kier molecular flexibility index (Phi) is 3.41.